The number of anilines is 1. The van der Waals surface area contributed by atoms with Gasteiger partial charge in [0, 0.05) is 18.1 Å². The minimum atomic E-state index is 0.390. The predicted molar refractivity (Wildman–Crippen MR) is 62.3 cm³/mol. The molecule has 2 nitrogen and oxygen atoms in total. The number of aromatic nitrogens is 1. The molecule has 0 amide bonds. The monoisotopic (exact) mass is 232 g/mol. The lowest BCUT2D eigenvalue weighted by molar-refractivity contribution is 0.672. The highest BCUT2D eigenvalue weighted by Crippen LogP contribution is 2.12. The van der Waals surface area contributed by atoms with E-state index in [9.17, 15) is 0 Å². The summed E-state index contributed by atoms with van der Waals surface area (Å²) in [4.78, 5) is 4.16. The average molecular weight is 233 g/mol. The second-order valence-corrected chi connectivity index (χ2v) is 3.90. The van der Waals surface area contributed by atoms with Gasteiger partial charge in [0.1, 0.15) is 5.82 Å². The Hall–Kier alpha value is -0.470. The Morgan fingerprint density at radius 2 is 2.29 bits per heavy atom. The number of alkyl halides is 1. The molecule has 78 valence electrons. The Balaban J connectivity index is 2.53. The number of pyridine rings is 1. The largest absolute Gasteiger partial charge is 0.367 e. The van der Waals surface area contributed by atoms with E-state index in [0.29, 0.717) is 16.9 Å². The highest BCUT2D eigenvalue weighted by molar-refractivity contribution is 6.30. The molecule has 1 rings (SSSR count). The van der Waals surface area contributed by atoms with Gasteiger partial charge in [-0.15, -0.1) is 11.6 Å². The van der Waals surface area contributed by atoms with E-state index in [-0.39, 0.29) is 0 Å². The third-order valence-corrected chi connectivity index (χ3v) is 2.47. The highest BCUT2D eigenvalue weighted by atomic mass is 35.5. The van der Waals surface area contributed by atoms with Gasteiger partial charge in [0.15, 0.2) is 0 Å². The van der Waals surface area contributed by atoms with Crippen molar-refractivity contribution in [2.24, 2.45) is 0 Å². The van der Waals surface area contributed by atoms with E-state index in [1.54, 1.807) is 6.20 Å². The van der Waals surface area contributed by atoms with E-state index < -0.39 is 0 Å². The van der Waals surface area contributed by atoms with E-state index in [0.717, 1.165) is 18.7 Å². The lowest BCUT2D eigenvalue weighted by atomic mass is 10.2. The van der Waals surface area contributed by atoms with Gasteiger partial charge in [0.05, 0.1) is 5.02 Å². The molecule has 0 aliphatic carbocycles. The SMILES string of the molecule is CCC(CCCl)Nc1ccc(Cl)cn1. The van der Waals surface area contributed by atoms with Crippen LogP contribution < -0.4 is 5.32 Å². The van der Waals surface area contributed by atoms with E-state index in [1.165, 1.54) is 0 Å². The molecule has 0 saturated carbocycles. The van der Waals surface area contributed by atoms with Crippen molar-refractivity contribution in [3.8, 4) is 0 Å². The van der Waals surface area contributed by atoms with Crippen molar-refractivity contribution in [2.75, 3.05) is 11.2 Å². The van der Waals surface area contributed by atoms with Gasteiger partial charge < -0.3 is 5.32 Å². The quantitative estimate of drug-likeness (QED) is 0.786. The fraction of sp³-hybridized carbons (Fsp3) is 0.500. The number of hydrogen-bond acceptors (Lipinski definition) is 2. The van der Waals surface area contributed by atoms with Crippen molar-refractivity contribution in [2.45, 2.75) is 25.8 Å². The van der Waals surface area contributed by atoms with E-state index >= 15 is 0 Å². The first-order chi connectivity index (χ1) is 6.76. The normalized spacial score (nSPS) is 12.5. The summed E-state index contributed by atoms with van der Waals surface area (Å²) in [7, 11) is 0. The summed E-state index contributed by atoms with van der Waals surface area (Å²) < 4.78 is 0. The van der Waals surface area contributed by atoms with Gasteiger partial charge in [-0.05, 0) is 25.0 Å². The molecule has 0 radical (unpaired) electrons. The average Bonchev–Trinajstić information content (AvgIpc) is 2.20. The molecular weight excluding hydrogens is 219 g/mol. The van der Waals surface area contributed by atoms with Crippen LogP contribution in [0.25, 0.3) is 0 Å². The summed E-state index contributed by atoms with van der Waals surface area (Å²) >= 11 is 11.4. The van der Waals surface area contributed by atoms with E-state index in [2.05, 4.69) is 17.2 Å². The van der Waals surface area contributed by atoms with Gasteiger partial charge in [0.25, 0.3) is 0 Å². The van der Waals surface area contributed by atoms with Crippen molar-refractivity contribution < 1.29 is 0 Å². The lowest BCUT2D eigenvalue weighted by Gasteiger charge is -2.15. The van der Waals surface area contributed by atoms with Crippen LogP contribution in [0.3, 0.4) is 0 Å². The summed E-state index contributed by atoms with van der Waals surface area (Å²) in [6, 6.07) is 4.09. The Morgan fingerprint density at radius 1 is 1.50 bits per heavy atom. The number of nitrogens with one attached hydrogen (secondary N) is 1. The van der Waals surface area contributed by atoms with Gasteiger partial charge >= 0.3 is 0 Å². The Kier molecular flexibility index (Phi) is 5.05. The van der Waals surface area contributed by atoms with Crippen LogP contribution in [0.1, 0.15) is 19.8 Å². The van der Waals surface area contributed by atoms with Crippen molar-refractivity contribution in [1.29, 1.82) is 0 Å². The first-order valence-corrected chi connectivity index (χ1v) is 5.61. The van der Waals surface area contributed by atoms with Gasteiger partial charge in [-0.25, -0.2) is 4.98 Å². The zero-order chi connectivity index (χ0) is 10.4. The number of hydrogen-bond donors (Lipinski definition) is 1. The summed E-state index contributed by atoms with van der Waals surface area (Å²) in [6.45, 7) is 2.13. The summed E-state index contributed by atoms with van der Waals surface area (Å²) in [5.74, 6) is 1.52. The van der Waals surface area contributed by atoms with Crippen LogP contribution in [0.5, 0.6) is 0 Å². The summed E-state index contributed by atoms with van der Waals surface area (Å²) in [5.41, 5.74) is 0. The van der Waals surface area contributed by atoms with Crippen LogP contribution in [-0.2, 0) is 0 Å². The standard InChI is InChI=1S/C10H14Cl2N2/c1-2-9(5-6-11)14-10-4-3-8(12)7-13-10/h3-4,7,9H,2,5-6H2,1H3,(H,13,14). The predicted octanol–water partition coefficient (Wildman–Crippen LogP) is 3.55. The topological polar surface area (TPSA) is 24.9 Å². The maximum absolute atomic E-state index is 5.73. The highest BCUT2D eigenvalue weighted by Gasteiger charge is 2.05. The minimum absolute atomic E-state index is 0.390. The van der Waals surface area contributed by atoms with E-state index in [4.69, 9.17) is 23.2 Å². The molecule has 0 aliphatic rings. The van der Waals surface area contributed by atoms with Crippen LogP contribution >= 0.6 is 23.2 Å². The van der Waals surface area contributed by atoms with Crippen LogP contribution in [0, 0.1) is 0 Å². The van der Waals surface area contributed by atoms with Crippen LogP contribution in [0.2, 0.25) is 5.02 Å². The first-order valence-electron chi connectivity index (χ1n) is 4.70. The zero-order valence-corrected chi connectivity index (χ0v) is 9.65. The second-order valence-electron chi connectivity index (χ2n) is 3.09. The molecule has 4 heteroatoms. The molecule has 1 aromatic heterocycles. The van der Waals surface area contributed by atoms with Crippen LogP contribution in [0.15, 0.2) is 18.3 Å². The molecule has 0 fully saturated rings. The van der Waals surface area contributed by atoms with E-state index in [1.807, 2.05) is 12.1 Å². The fourth-order valence-electron chi connectivity index (χ4n) is 1.18. The van der Waals surface area contributed by atoms with Crippen LogP contribution in [0.4, 0.5) is 5.82 Å². The summed E-state index contributed by atoms with van der Waals surface area (Å²) in [5, 5.41) is 3.96. The molecule has 1 heterocycles. The van der Waals surface area contributed by atoms with Crippen molar-refractivity contribution in [3.05, 3.63) is 23.4 Å². The van der Waals surface area contributed by atoms with Gasteiger partial charge in [-0.2, -0.15) is 0 Å². The number of rotatable bonds is 5. The van der Waals surface area contributed by atoms with Gasteiger partial charge in [-0.1, -0.05) is 18.5 Å². The van der Waals surface area contributed by atoms with Crippen LogP contribution in [-0.4, -0.2) is 16.9 Å². The Morgan fingerprint density at radius 3 is 2.79 bits per heavy atom. The molecule has 0 spiro atoms. The summed E-state index contributed by atoms with van der Waals surface area (Å²) in [6.07, 6.45) is 3.62. The smallest absolute Gasteiger partial charge is 0.126 e. The lowest BCUT2D eigenvalue weighted by Crippen LogP contribution is -2.19. The maximum Gasteiger partial charge on any atom is 0.126 e. The molecule has 1 atom stereocenters. The molecule has 1 N–H and O–H groups in total. The first kappa shape index (κ1) is 11.6. The molecule has 0 aromatic carbocycles. The zero-order valence-electron chi connectivity index (χ0n) is 8.13. The van der Waals surface area contributed by atoms with Gasteiger partial charge in [-0.3, -0.25) is 0 Å². The molecule has 0 bridgehead atoms. The number of halogens is 2. The Labute approximate surface area is 94.6 Å². The molecule has 1 aromatic rings. The third kappa shape index (κ3) is 3.72. The maximum atomic E-state index is 5.73. The van der Waals surface area contributed by atoms with Crippen molar-refractivity contribution in [3.63, 3.8) is 0 Å². The van der Waals surface area contributed by atoms with Gasteiger partial charge in [0.2, 0.25) is 0 Å². The molecular formula is C10H14Cl2N2. The number of nitrogens with zero attached hydrogens (tertiary/aromatic N) is 1. The van der Waals surface area contributed by atoms with Crippen molar-refractivity contribution >= 4 is 29.0 Å². The second kappa shape index (κ2) is 6.10. The third-order valence-electron chi connectivity index (χ3n) is 2.03. The Bertz CT molecular complexity index is 261. The molecule has 0 aliphatic heterocycles. The minimum Gasteiger partial charge on any atom is -0.367 e. The van der Waals surface area contributed by atoms with Crippen molar-refractivity contribution in [1.82, 2.24) is 4.98 Å². The fourth-order valence-corrected chi connectivity index (χ4v) is 1.56. The molecule has 14 heavy (non-hydrogen) atoms. The molecule has 1 unspecified atom stereocenters. The molecule has 0 saturated heterocycles.